The highest BCUT2D eigenvalue weighted by atomic mass is 16.5. The topological polar surface area (TPSA) is 63.1 Å². The first-order valence-electron chi connectivity index (χ1n) is 14.3. The highest BCUT2D eigenvalue weighted by Crippen LogP contribution is 2.89. The predicted octanol–water partition coefficient (Wildman–Crippen LogP) is 4.78. The van der Waals surface area contributed by atoms with Gasteiger partial charge in [-0.05, 0) is 91.3 Å². The van der Waals surface area contributed by atoms with Crippen molar-refractivity contribution in [1.82, 2.24) is 5.32 Å². The largest absolute Gasteiger partial charge is 0.476 e. The third kappa shape index (κ3) is 2.37. The lowest BCUT2D eigenvalue weighted by Crippen LogP contribution is -2.60. The van der Waals surface area contributed by atoms with Crippen molar-refractivity contribution in [3.63, 3.8) is 0 Å². The van der Waals surface area contributed by atoms with Crippen LogP contribution in [0.1, 0.15) is 86.0 Å². The normalized spacial score (nSPS) is 59.1. The molecule has 5 saturated carbocycles. The van der Waals surface area contributed by atoms with Crippen LogP contribution in [0.2, 0.25) is 0 Å². The van der Waals surface area contributed by atoms with Crippen LogP contribution in [0.3, 0.4) is 0 Å². The molecule has 1 saturated heterocycles. The summed E-state index contributed by atoms with van der Waals surface area (Å²) in [6.07, 6.45) is 10.2. The van der Waals surface area contributed by atoms with Gasteiger partial charge in [-0.15, -0.1) is 0 Å². The van der Waals surface area contributed by atoms with E-state index in [0.717, 1.165) is 31.9 Å². The molecule has 34 heavy (non-hydrogen) atoms. The molecule has 7 rings (SSSR count). The van der Waals surface area contributed by atoms with Crippen molar-refractivity contribution in [3.05, 3.63) is 0 Å². The Morgan fingerprint density at radius 2 is 1.76 bits per heavy atom. The number of ether oxygens (including phenoxy) is 2. The van der Waals surface area contributed by atoms with Crippen LogP contribution >= 0.6 is 0 Å². The molecule has 3 unspecified atom stereocenters. The van der Waals surface area contributed by atoms with Crippen molar-refractivity contribution in [3.8, 4) is 0 Å². The summed E-state index contributed by atoms with van der Waals surface area (Å²) in [5.74, 6) is 3.42. The van der Waals surface area contributed by atoms with Gasteiger partial charge in [-0.1, -0.05) is 34.6 Å². The monoisotopic (exact) mass is 470 g/mol. The van der Waals surface area contributed by atoms with Crippen LogP contribution in [0.25, 0.3) is 0 Å². The van der Waals surface area contributed by atoms with E-state index in [9.17, 15) is 5.11 Å². The lowest BCUT2D eigenvalue weighted by Gasteiger charge is -2.63. The molecule has 5 heteroatoms. The van der Waals surface area contributed by atoms with Crippen LogP contribution < -0.4 is 5.32 Å². The fraction of sp³-hybridized carbons (Fsp3) is 0.966. The summed E-state index contributed by atoms with van der Waals surface area (Å²) < 4.78 is 12.9. The van der Waals surface area contributed by atoms with Crippen LogP contribution in [0.5, 0.6) is 0 Å². The van der Waals surface area contributed by atoms with Crippen LogP contribution in [0.15, 0.2) is 4.99 Å². The van der Waals surface area contributed by atoms with E-state index in [-0.39, 0.29) is 34.6 Å². The molecule has 5 aliphatic carbocycles. The van der Waals surface area contributed by atoms with E-state index in [1.54, 1.807) is 0 Å². The maximum absolute atomic E-state index is 12.0. The Balaban J connectivity index is 1.22. The number of nitrogens with one attached hydrogen (secondary N) is 1. The van der Waals surface area contributed by atoms with Crippen LogP contribution in [-0.4, -0.2) is 49.1 Å². The molecule has 2 spiro atoms. The number of rotatable bonds is 1. The maximum Gasteiger partial charge on any atom is 0.199 e. The summed E-state index contributed by atoms with van der Waals surface area (Å²) in [6, 6.07) is 0. The zero-order valence-electron chi connectivity index (χ0n) is 22.0. The average molecular weight is 471 g/mol. The zero-order chi connectivity index (χ0) is 23.7. The summed E-state index contributed by atoms with van der Waals surface area (Å²) in [7, 11) is 0. The highest BCUT2D eigenvalue weighted by molar-refractivity contribution is 5.79. The van der Waals surface area contributed by atoms with Gasteiger partial charge in [-0.3, -0.25) is 5.32 Å². The van der Waals surface area contributed by atoms with Crippen molar-refractivity contribution in [2.75, 3.05) is 19.8 Å². The number of nitrogens with zero attached hydrogens (tertiary/aromatic N) is 1. The first-order chi connectivity index (χ1) is 16.1. The van der Waals surface area contributed by atoms with E-state index in [2.05, 4.69) is 44.9 Å². The summed E-state index contributed by atoms with van der Waals surface area (Å²) >= 11 is 0. The van der Waals surface area contributed by atoms with Crippen molar-refractivity contribution in [2.45, 2.75) is 104 Å². The number of fused-ring (bicyclic) bond motifs is 4. The van der Waals surface area contributed by atoms with Gasteiger partial charge < -0.3 is 14.6 Å². The number of aliphatic hydroxyl groups is 1. The van der Waals surface area contributed by atoms with E-state index in [4.69, 9.17) is 9.47 Å². The molecule has 0 radical (unpaired) electrons. The maximum atomic E-state index is 12.0. The second-order valence-corrected chi connectivity index (χ2v) is 14.5. The van der Waals surface area contributed by atoms with E-state index < -0.39 is 0 Å². The molecule has 0 aromatic carbocycles. The van der Waals surface area contributed by atoms with Gasteiger partial charge in [0.05, 0.1) is 25.4 Å². The number of aliphatic hydroxyl groups excluding tert-OH is 1. The quantitative estimate of drug-likeness (QED) is 0.579. The molecule has 7 aliphatic rings. The van der Waals surface area contributed by atoms with E-state index in [1.165, 1.54) is 38.5 Å². The molecule has 5 nitrogen and oxygen atoms in total. The lowest BCUT2D eigenvalue weighted by molar-refractivity contribution is -0.181. The smallest absolute Gasteiger partial charge is 0.199 e. The van der Waals surface area contributed by atoms with Gasteiger partial charge in [0.25, 0.3) is 0 Å². The molecule has 11 atom stereocenters. The molecule has 2 N–H and O–H groups in total. The molecule has 6 fully saturated rings. The van der Waals surface area contributed by atoms with E-state index in [0.29, 0.717) is 41.2 Å². The number of hydrogen-bond donors (Lipinski definition) is 2. The molecular formula is C29H46N2O3. The third-order valence-corrected chi connectivity index (χ3v) is 13.6. The molecule has 0 aromatic rings. The van der Waals surface area contributed by atoms with E-state index in [1.807, 2.05) is 0 Å². The van der Waals surface area contributed by atoms with Crippen molar-refractivity contribution in [2.24, 2.45) is 55.7 Å². The Hall–Kier alpha value is -0.650. The number of hydrogen-bond acceptors (Lipinski definition) is 5. The Bertz CT molecular complexity index is 919. The molecule has 0 bridgehead atoms. The first kappa shape index (κ1) is 22.5. The molecular weight excluding hydrogens is 424 g/mol. The lowest BCUT2D eigenvalue weighted by atomic mass is 9.41. The summed E-state index contributed by atoms with van der Waals surface area (Å²) in [5.41, 5.74) is 1.21. The Morgan fingerprint density at radius 3 is 2.53 bits per heavy atom. The summed E-state index contributed by atoms with van der Waals surface area (Å²) in [5, 5.41) is 15.3. The predicted molar refractivity (Wildman–Crippen MR) is 132 cm³/mol. The molecule has 0 aromatic heterocycles. The Labute approximate surface area is 205 Å². The zero-order valence-corrected chi connectivity index (χ0v) is 22.0. The second kappa shape index (κ2) is 6.81. The summed E-state index contributed by atoms with van der Waals surface area (Å²) in [4.78, 5) is 4.54. The van der Waals surface area contributed by atoms with Crippen LogP contribution in [0, 0.1) is 50.7 Å². The fourth-order valence-corrected chi connectivity index (χ4v) is 12.0. The second-order valence-electron chi connectivity index (χ2n) is 14.5. The molecule has 2 aliphatic heterocycles. The van der Waals surface area contributed by atoms with Crippen LogP contribution in [0.4, 0.5) is 0 Å². The highest BCUT2D eigenvalue weighted by Gasteiger charge is 2.84. The fourth-order valence-electron chi connectivity index (χ4n) is 12.0. The minimum Gasteiger partial charge on any atom is -0.476 e. The SMILES string of the molecule is C[C@@H]1CCOC2C1[C@@]1(C)CCC34C[C@@]35CC[C@H](OC3=NCNC3)C(C)(C)[C@@H]5CC[C@H]4[C@]1(C)[C@H]2O. The molecule has 0 amide bonds. The first-order valence-corrected chi connectivity index (χ1v) is 14.3. The third-order valence-electron chi connectivity index (χ3n) is 13.6. The number of aliphatic imine (C=N–C) groups is 1. The van der Waals surface area contributed by atoms with E-state index >= 15 is 0 Å². The van der Waals surface area contributed by atoms with Crippen LogP contribution in [-0.2, 0) is 9.47 Å². The molecule has 190 valence electrons. The minimum absolute atomic E-state index is 0.0323. The standard InChI is InChI=1S/C29H46N2O3/c1-17-9-13-33-23-22(17)26(4)11-12-29-15-28(29)10-8-20(34-21-14-30-16-31-21)25(2,3)18(28)6-7-19(29)27(26,5)24(23)32/h17-20,22-24,30,32H,6-16H2,1-5H3/t17-,18+,19+,20+,22?,23?,24+,26-,27-,28-,29?/m1/s1. The van der Waals surface area contributed by atoms with Gasteiger partial charge in [-0.2, -0.15) is 0 Å². The Morgan fingerprint density at radius 1 is 1.00 bits per heavy atom. The summed E-state index contributed by atoms with van der Waals surface area (Å²) in [6.45, 7) is 14.8. The van der Waals surface area contributed by atoms with Gasteiger partial charge in [0.15, 0.2) is 5.90 Å². The van der Waals surface area contributed by atoms with Gasteiger partial charge in [0.2, 0.25) is 0 Å². The molecule has 2 heterocycles. The Kier molecular flexibility index (Phi) is 4.51. The van der Waals surface area contributed by atoms with Crippen molar-refractivity contribution >= 4 is 5.90 Å². The van der Waals surface area contributed by atoms with Gasteiger partial charge in [-0.25, -0.2) is 4.99 Å². The van der Waals surface area contributed by atoms with Gasteiger partial charge in [0, 0.05) is 17.4 Å². The van der Waals surface area contributed by atoms with Gasteiger partial charge >= 0.3 is 0 Å². The average Bonchev–Trinajstić information content (AvgIpc) is 3.07. The van der Waals surface area contributed by atoms with Crippen molar-refractivity contribution in [1.29, 1.82) is 0 Å². The minimum atomic E-state index is -0.317. The van der Waals surface area contributed by atoms with Gasteiger partial charge in [0.1, 0.15) is 6.10 Å². The van der Waals surface area contributed by atoms with Crippen molar-refractivity contribution < 1.29 is 14.6 Å².